The topological polar surface area (TPSA) is 69.7 Å². The molecule has 0 radical (unpaired) electrons. The first-order valence-electron chi connectivity index (χ1n) is 21.8. The van der Waals surface area contributed by atoms with Gasteiger partial charge in [0.1, 0.15) is 0 Å². The predicted octanol–water partition coefficient (Wildman–Crippen LogP) is 12.9. The van der Waals surface area contributed by atoms with Crippen LogP contribution in [0.4, 0.5) is 0 Å². The highest BCUT2D eigenvalue weighted by atomic mass is 16.3. The average molecular weight is 667 g/mol. The Balaban J connectivity index is 4.11. The molecule has 0 amide bonds. The van der Waals surface area contributed by atoms with Gasteiger partial charge >= 0.3 is 0 Å². The third-order valence-electron chi connectivity index (χ3n) is 11.1. The van der Waals surface area contributed by atoms with Crippen molar-refractivity contribution in [2.24, 2.45) is 11.1 Å². The number of hydrogen-bond donors (Lipinski definition) is 3. The van der Waals surface area contributed by atoms with E-state index in [0.717, 1.165) is 12.8 Å². The fourth-order valence-corrected chi connectivity index (χ4v) is 7.66. The van der Waals surface area contributed by atoms with Crippen LogP contribution in [-0.4, -0.2) is 47.6 Å². The van der Waals surface area contributed by atoms with Crippen LogP contribution < -0.4 is 5.73 Å². The van der Waals surface area contributed by atoms with E-state index in [1.54, 1.807) is 0 Å². The molecule has 4 heteroatoms. The van der Waals surface area contributed by atoms with E-state index in [1.165, 1.54) is 205 Å². The summed E-state index contributed by atoms with van der Waals surface area (Å²) < 4.78 is 0. The summed E-state index contributed by atoms with van der Waals surface area (Å²) in [4.78, 5) is 2.12. The van der Waals surface area contributed by atoms with Crippen molar-refractivity contribution < 1.29 is 10.2 Å². The molecule has 0 aliphatic carbocycles. The van der Waals surface area contributed by atoms with E-state index >= 15 is 0 Å². The normalized spacial score (nSPS) is 12.8. The highest BCUT2D eigenvalue weighted by Crippen LogP contribution is 2.35. The highest BCUT2D eigenvalue weighted by Gasteiger charge is 2.34. The number of nitrogens with two attached hydrogens (primary N) is 1. The largest absolute Gasteiger partial charge is 0.395 e. The zero-order valence-corrected chi connectivity index (χ0v) is 32.9. The maximum atomic E-state index is 9.65. The second-order valence-electron chi connectivity index (χ2n) is 15.7. The monoisotopic (exact) mass is 667 g/mol. The molecule has 0 spiro atoms. The molecule has 0 aliphatic rings. The lowest BCUT2D eigenvalue weighted by molar-refractivity contribution is 0.0355. The first-order chi connectivity index (χ1) is 23.1. The Kier molecular flexibility index (Phi) is 37.0. The van der Waals surface area contributed by atoms with Crippen LogP contribution in [0.3, 0.4) is 0 Å². The van der Waals surface area contributed by atoms with E-state index in [4.69, 9.17) is 5.73 Å². The van der Waals surface area contributed by atoms with Gasteiger partial charge in [-0.3, -0.25) is 4.90 Å². The van der Waals surface area contributed by atoms with Crippen LogP contribution in [0.1, 0.15) is 239 Å². The lowest BCUT2D eigenvalue weighted by Crippen LogP contribution is -2.54. The summed E-state index contributed by atoms with van der Waals surface area (Å²) in [5.41, 5.74) is 6.94. The number of aliphatic hydroxyl groups excluding tert-OH is 2. The molecule has 0 aromatic carbocycles. The Bertz CT molecular complexity index is 544. The van der Waals surface area contributed by atoms with Gasteiger partial charge in [-0.25, -0.2) is 0 Å². The molecule has 0 heterocycles. The first-order valence-corrected chi connectivity index (χ1v) is 21.8. The fraction of sp³-hybridized carbons (Fsp3) is 1.00. The third-order valence-corrected chi connectivity index (χ3v) is 11.1. The van der Waals surface area contributed by atoms with E-state index in [0.29, 0.717) is 13.1 Å². The van der Waals surface area contributed by atoms with Crippen molar-refractivity contribution >= 4 is 0 Å². The van der Waals surface area contributed by atoms with Crippen molar-refractivity contribution in [2.45, 2.75) is 245 Å². The van der Waals surface area contributed by atoms with Gasteiger partial charge in [-0.2, -0.15) is 0 Å². The summed E-state index contributed by atoms with van der Waals surface area (Å²) in [6.45, 7) is 8.28. The minimum absolute atomic E-state index is 0.0380. The molecule has 0 aliphatic heterocycles. The minimum atomic E-state index is -0.102. The lowest BCUT2D eigenvalue weighted by atomic mass is 9.76. The van der Waals surface area contributed by atoms with Crippen molar-refractivity contribution in [3.63, 3.8) is 0 Å². The third kappa shape index (κ3) is 30.4. The summed E-state index contributed by atoms with van der Waals surface area (Å²) in [7, 11) is 0. The van der Waals surface area contributed by atoms with Gasteiger partial charge in [-0.15, -0.1) is 0 Å². The molecule has 4 N–H and O–H groups in total. The Morgan fingerprint density at radius 1 is 0.404 bits per heavy atom. The van der Waals surface area contributed by atoms with E-state index < -0.39 is 0 Å². The van der Waals surface area contributed by atoms with Gasteiger partial charge in [0.05, 0.1) is 19.4 Å². The molecule has 4 nitrogen and oxygen atoms in total. The maximum Gasteiger partial charge on any atom is 0.0628 e. The number of unbranched alkanes of at least 4 members (excludes halogenated alkanes) is 30. The molecule has 1 atom stereocenters. The Morgan fingerprint density at radius 2 is 0.617 bits per heavy atom. The molecule has 0 saturated heterocycles. The van der Waals surface area contributed by atoms with Gasteiger partial charge in [0.15, 0.2) is 0 Å². The molecular formula is C43H90N2O2. The van der Waals surface area contributed by atoms with Crippen LogP contribution in [0.25, 0.3) is 0 Å². The van der Waals surface area contributed by atoms with E-state index in [1.807, 2.05) is 0 Å². The van der Waals surface area contributed by atoms with Gasteiger partial charge in [0.25, 0.3) is 0 Å². The molecule has 47 heavy (non-hydrogen) atoms. The van der Waals surface area contributed by atoms with E-state index in [2.05, 4.69) is 25.7 Å². The smallest absolute Gasteiger partial charge is 0.0628 e. The summed E-state index contributed by atoms with van der Waals surface area (Å²) in [5, 5.41) is 19.3. The average Bonchev–Trinajstić information content (AvgIpc) is 3.07. The Morgan fingerprint density at radius 3 is 0.830 bits per heavy atom. The molecule has 0 bridgehead atoms. The second kappa shape index (κ2) is 37.1. The molecule has 284 valence electrons. The number of aliphatic hydroxyl groups is 2. The van der Waals surface area contributed by atoms with Crippen molar-refractivity contribution in [2.75, 3.05) is 26.3 Å². The standard InChI is InChI=1S/C43H90N2O2/c1-4-6-8-10-12-14-16-18-20-22-24-26-28-30-32-34-36-43(3,42(44)45(38-40-46)39-41-47)37-35-33-31-29-27-25-23-21-19-17-15-13-11-9-7-5-2/h42,46-47H,4-41,44H2,1-3H3. The van der Waals surface area contributed by atoms with Gasteiger partial charge in [-0.1, -0.05) is 226 Å². The van der Waals surface area contributed by atoms with Gasteiger partial charge < -0.3 is 15.9 Å². The molecule has 0 aromatic rings. The molecular weight excluding hydrogens is 576 g/mol. The zero-order valence-electron chi connectivity index (χ0n) is 32.9. The second-order valence-corrected chi connectivity index (χ2v) is 15.7. The van der Waals surface area contributed by atoms with Crippen molar-refractivity contribution in [3.8, 4) is 0 Å². The lowest BCUT2D eigenvalue weighted by Gasteiger charge is -2.42. The number of rotatable bonds is 40. The van der Waals surface area contributed by atoms with Crippen LogP contribution in [0.2, 0.25) is 0 Å². The summed E-state index contributed by atoms with van der Waals surface area (Å²) >= 11 is 0. The number of hydrogen-bond acceptors (Lipinski definition) is 4. The van der Waals surface area contributed by atoms with Crippen LogP contribution in [0.5, 0.6) is 0 Å². The highest BCUT2D eigenvalue weighted by molar-refractivity contribution is 4.86. The first kappa shape index (κ1) is 46.8. The van der Waals surface area contributed by atoms with Crippen LogP contribution in [-0.2, 0) is 0 Å². The van der Waals surface area contributed by atoms with Crippen LogP contribution in [0, 0.1) is 5.41 Å². The summed E-state index contributed by atoms with van der Waals surface area (Å²) in [6.07, 6.45) is 46.9. The van der Waals surface area contributed by atoms with Crippen LogP contribution >= 0.6 is 0 Å². The summed E-state index contributed by atoms with van der Waals surface area (Å²) in [6, 6.07) is 0. The van der Waals surface area contributed by atoms with Crippen molar-refractivity contribution in [3.05, 3.63) is 0 Å². The molecule has 0 saturated carbocycles. The van der Waals surface area contributed by atoms with Crippen LogP contribution in [0.15, 0.2) is 0 Å². The van der Waals surface area contributed by atoms with Crippen molar-refractivity contribution in [1.82, 2.24) is 4.90 Å². The Labute approximate surface area is 297 Å². The van der Waals surface area contributed by atoms with Gasteiger partial charge in [-0.05, 0) is 18.3 Å². The fourth-order valence-electron chi connectivity index (χ4n) is 7.66. The quantitative estimate of drug-likeness (QED) is 0.0449. The Hall–Kier alpha value is -0.160. The minimum Gasteiger partial charge on any atom is -0.395 e. The SMILES string of the molecule is CCCCCCCCCCCCCCCCCCC(C)(CCCCCCCCCCCCCCCCCC)C(N)N(CCO)CCO. The van der Waals surface area contributed by atoms with E-state index in [9.17, 15) is 10.2 Å². The molecule has 1 unspecified atom stereocenters. The molecule has 0 rings (SSSR count). The van der Waals surface area contributed by atoms with Crippen molar-refractivity contribution in [1.29, 1.82) is 0 Å². The number of nitrogens with zero attached hydrogens (tertiary/aromatic N) is 1. The predicted molar refractivity (Wildman–Crippen MR) is 210 cm³/mol. The van der Waals surface area contributed by atoms with E-state index in [-0.39, 0.29) is 24.8 Å². The zero-order chi connectivity index (χ0) is 34.5. The molecule has 0 aromatic heterocycles. The summed E-state index contributed by atoms with van der Waals surface area (Å²) in [5.74, 6) is 0. The van der Waals surface area contributed by atoms with Gasteiger partial charge in [0.2, 0.25) is 0 Å². The maximum absolute atomic E-state index is 9.65. The van der Waals surface area contributed by atoms with Gasteiger partial charge in [0, 0.05) is 13.1 Å². The molecule has 0 fully saturated rings.